The molecule has 4 heteroatoms. The first-order valence-electron chi connectivity index (χ1n) is 5.85. The molecule has 1 amide bonds. The maximum absolute atomic E-state index is 12.0. The second-order valence-electron chi connectivity index (χ2n) is 4.44. The van der Waals surface area contributed by atoms with Gasteiger partial charge in [0.2, 0.25) is 5.91 Å². The summed E-state index contributed by atoms with van der Waals surface area (Å²) in [6.07, 6.45) is 1.66. The van der Waals surface area contributed by atoms with Gasteiger partial charge in [-0.3, -0.25) is 4.79 Å². The van der Waals surface area contributed by atoms with Crippen molar-refractivity contribution in [2.24, 2.45) is 0 Å². The van der Waals surface area contributed by atoms with Gasteiger partial charge < -0.3 is 10.0 Å². The van der Waals surface area contributed by atoms with Crippen LogP contribution in [0.15, 0.2) is 24.3 Å². The first-order valence-corrected chi connectivity index (χ1v) is 6.23. The Hall–Kier alpha value is -1.06. The summed E-state index contributed by atoms with van der Waals surface area (Å²) >= 11 is 5.87. The molecule has 1 N–H and O–H groups in total. The first kappa shape index (κ1) is 12.4. The lowest BCUT2D eigenvalue weighted by Crippen LogP contribution is -2.42. The van der Waals surface area contributed by atoms with Crippen LogP contribution in [0.2, 0.25) is 5.02 Å². The summed E-state index contributed by atoms with van der Waals surface area (Å²) in [5.41, 5.74) is 0.919. The molecule has 1 aliphatic heterocycles. The molecular weight excluding hydrogens is 238 g/mol. The Labute approximate surface area is 106 Å². The van der Waals surface area contributed by atoms with E-state index in [1.807, 2.05) is 12.1 Å². The van der Waals surface area contributed by atoms with E-state index < -0.39 is 0 Å². The van der Waals surface area contributed by atoms with E-state index in [4.69, 9.17) is 11.6 Å². The Kier molecular flexibility index (Phi) is 4.02. The third kappa shape index (κ3) is 3.45. The standard InChI is InChI=1S/C13H16ClNO2/c14-11-4-1-3-10(7-11)8-13(17)15-6-2-5-12(16)9-15/h1,3-4,7,12,16H,2,5-6,8-9H2/t12-/m0/s1. The summed E-state index contributed by atoms with van der Waals surface area (Å²) in [7, 11) is 0. The van der Waals surface area contributed by atoms with Gasteiger partial charge in [-0.05, 0) is 30.5 Å². The van der Waals surface area contributed by atoms with Crippen LogP contribution >= 0.6 is 11.6 Å². The van der Waals surface area contributed by atoms with Crippen LogP contribution in [0.4, 0.5) is 0 Å². The molecule has 1 atom stereocenters. The largest absolute Gasteiger partial charge is 0.391 e. The van der Waals surface area contributed by atoms with Crippen molar-refractivity contribution in [3.8, 4) is 0 Å². The van der Waals surface area contributed by atoms with Gasteiger partial charge >= 0.3 is 0 Å². The van der Waals surface area contributed by atoms with Crippen LogP contribution in [0, 0.1) is 0 Å². The number of β-amino-alcohol motifs (C(OH)–C–C–N with tert-alkyl or cyclic N) is 1. The molecule has 0 spiro atoms. The second kappa shape index (κ2) is 5.52. The van der Waals surface area contributed by atoms with Crippen LogP contribution in [-0.2, 0) is 11.2 Å². The zero-order valence-corrected chi connectivity index (χ0v) is 10.4. The zero-order chi connectivity index (χ0) is 12.3. The van der Waals surface area contributed by atoms with Gasteiger partial charge in [0.25, 0.3) is 0 Å². The SMILES string of the molecule is O=C(Cc1cccc(Cl)c1)N1CCC[C@H](O)C1. The monoisotopic (exact) mass is 253 g/mol. The first-order chi connectivity index (χ1) is 8.15. The van der Waals surface area contributed by atoms with Crippen LogP contribution in [0.5, 0.6) is 0 Å². The van der Waals surface area contributed by atoms with Gasteiger partial charge in [0.05, 0.1) is 12.5 Å². The molecule has 3 nitrogen and oxygen atoms in total. The number of amides is 1. The van der Waals surface area contributed by atoms with Crippen LogP contribution in [0.3, 0.4) is 0 Å². The topological polar surface area (TPSA) is 40.5 Å². The van der Waals surface area contributed by atoms with E-state index in [9.17, 15) is 9.90 Å². The molecule has 1 fully saturated rings. The lowest BCUT2D eigenvalue weighted by molar-refractivity contribution is -0.133. The molecule has 0 bridgehead atoms. The fourth-order valence-corrected chi connectivity index (χ4v) is 2.33. The molecule has 1 aromatic rings. The van der Waals surface area contributed by atoms with E-state index >= 15 is 0 Å². The van der Waals surface area contributed by atoms with E-state index in [1.165, 1.54) is 0 Å². The molecule has 0 aliphatic carbocycles. The van der Waals surface area contributed by atoms with Gasteiger partial charge in [0, 0.05) is 18.1 Å². The predicted molar refractivity (Wildman–Crippen MR) is 67.0 cm³/mol. The van der Waals surface area contributed by atoms with Crippen LogP contribution < -0.4 is 0 Å². The summed E-state index contributed by atoms with van der Waals surface area (Å²) in [4.78, 5) is 13.7. The molecule has 0 saturated carbocycles. The highest BCUT2D eigenvalue weighted by atomic mass is 35.5. The fourth-order valence-electron chi connectivity index (χ4n) is 2.11. The Bertz CT molecular complexity index is 408. The number of benzene rings is 1. The summed E-state index contributed by atoms with van der Waals surface area (Å²) in [6.45, 7) is 1.20. The number of halogens is 1. The van der Waals surface area contributed by atoms with Crippen molar-refractivity contribution in [2.75, 3.05) is 13.1 Å². The fraction of sp³-hybridized carbons (Fsp3) is 0.462. The van der Waals surface area contributed by atoms with E-state index in [1.54, 1.807) is 17.0 Å². The van der Waals surface area contributed by atoms with Gasteiger partial charge in [-0.15, -0.1) is 0 Å². The van der Waals surface area contributed by atoms with E-state index in [2.05, 4.69) is 0 Å². The molecular formula is C13H16ClNO2. The molecule has 0 unspecified atom stereocenters. The third-order valence-electron chi connectivity index (χ3n) is 2.99. The highest BCUT2D eigenvalue weighted by Crippen LogP contribution is 2.14. The minimum absolute atomic E-state index is 0.0611. The van der Waals surface area contributed by atoms with E-state index in [0.717, 1.165) is 24.9 Å². The number of aliphatic hydroxyl groups is 1. The summed E-state index contributed by atoms with van der Waals surface area (Å²) in [6, 6.07) is 7.33. The molecule has 1 saturated heterocycles. The molecule has 1 aromatic carbocycles. The number of hydrogen-bond donors (Lipinski definition) is 1. The number of hydrogen-bond acceptors (Lipinski definition) is 2. The van der Waals surface area contributed by atoms with Gasteiger partial charge in [-0.1, -0.05) is 23.7 Å². The molecule has 92 valence electrons. The lowest BCUT2D eigenvalue weighted by Gasteiger charge is -2.30. The van der Waals surface area contributed by atoms with Crippen molar-refractivity contribution in [1.82, 2.24) is 4.90 Å². The second-order valence-corrected chi connectivity index (χ2v) is 4.88. The quantitative estimate of drug-likeness (QED) is 0.874. The number of rotatable bonds is 2. The van der Waals surface area contributed by atoms with Crippen molar-refractivity contribution in [3.63, 3.8) is 0 Å². The van der Waals surface area contributed by atoms with Crippen molar-refractivity contribution in [3.05, 3.63) is 34.9 Å². The maximum Gasteiger partial charge on any atom is 0.227 e. The molecule has 2 rings (SSSR count). The van der Waals surface area contributed by atoms with Crippen molar-refractivity contribution < 1.29 is 9.90 Å². The van der Waals surface area contributed by atoms with E-state index in [-0.39, 0.29) is 12.0 Å². The molecule has 0 aromatic heterocycles. The molecule has 1 heterocycles. The minimum atomic E-state index is -0.368. The number of carbonyl (C=O) groups is 1. The molecule has 17 heavy (non-hydrogen) atoms. The Balaban J connectivity index is 1.96. The molecule has 0 radical (unpaired) electrons. The van der Waals surface area contributed by atoms with E-state index in [0.29, 0.717) is 18.0 Å². The Morgan fingerprint density at radius 1 is 1.53 bits per heavy atom. The predicted octanol–water partition coefficient (Wildman–Crippen LogP) is 1.87. The van der Waals surface area contributed by atoms with Gasteiger partial charge in [0.1, 0.15) is 0 Å². The Morgan fingerprint density at radius 2 is 2.35 bits per heavy atom. The highest BCUT2D eigenvalue weighted by molar-refractivity contribution is 6.30. The number of piperidine rings is 1. The minimum Gasteiger partial charge on any atom is -0.391 e. The highest BCUT2D eigenvalue weighted by Gasteiger charge is 2.21. The van der Waals surface area contributed by atoms with Crippen LogP contribution in [-0.4, -0.2) is 35.1 Å². The van der Waals surface area contributed by atoms with Crippen molar-refractivity contribution >= 4 is 17.5 Å². The summed E-state index contributed by atoms with van der Waals surface area (Å²) in [5, 5.41) is 10.2. The number of aliphatic hydroxyl groups excluding tert-OH is 1. The summed E-state index contributed by atoms with van der Waals surface area (Å²) < 4.78 is 0. The van der Waals surface area contributed by atoms with Gasteiger partial charge in [0.15, 0.2) is 0 Å². The van der Waals surface area contributed by atoms with Crippen LogP contribution in [0.1, 0.15) is 18.4 Å². The normalized spacial score (nSPS) is 20.4. The lowest BCUT2D eigenvalue weighted by atomic mass is 10.1. The van der Waals surface area contributed by atoms with Gasteiger partial charge in [-0.2, -0.15) is 0 Å². The summed E-state index contributed by atoms with van der Waals surface area (Å²) in [5.74, 6) is 0.0611. The third-order valence-corrected chi connectivity index (χ3v) is 3.23. The zero-order valence-electron chi connectivity index (χ0n) is 9.60. The number of carbonyl (C=O) groups excluding carboxylic acids is 1. The van der Waals surface area contributed by atoms with Crippen molar-refractivity contribution in [1.29, 1.82) is 0 Å². The molecule has 1 aliphatic rings. The van der Waals surface area contributed by atoms with Gasteiger partial charge in [-0.25, -0.2) is 0 Å². The van der Waals surface area contributed by atoms with Crippen LogP contribution in [0.25, 0.3) is 0 Å². The smallest absolute Gasteiger partial charge is 0.227 e. The maximum atomic E-state index is 12.0. The van der Waals surface area contributed by atoms with Crippen molar-refractivity contribution in [2.45, 2.75) is 25.4 Å². The average Bonchev–Trinajstić information content (AvgIpc) is 2.29. The number of likely N-dealkylation sites (tertiary alicyclic amines) is 1. The average molecular weight is 254 g/mol. The number of nitrogens with zero attached hydrogens (tertiary/aromatic N) is 1. The Morgan fingerprint density at radius 3 is 3.06 bits per heavy atom.